The highest BCUT2D eigenvalue weighted by Gasteiger charge is 2.11. The molecule has 2 N–H and O–H groups in total. The van der Waals surface area contributed by atoms with Gasteiger partial charge in [-0.2, -0.15) is 0 Å². The number of carbonyl (C=O) groups is 2. The molecule has 0 fully saturated rings. The van der Waals surface area contributed by atoms with Crippen molar-refractivity contribution >= 4 is 45.1 Å². The lowest BCUT2D eigenvalue weighted by molar-refractivity contribution is 0.0690. The van der Waals surface area contributed by atoms with Crippen molar-refractivity contribution in [3.05, 3.63) is 57.3 Å². The number of aromatic carboxylic acids is 1. The van der Waals surface area contributed by atoms with Crippen molar-refractivity contribution in [2.24, 2.45) is 0 Å². The molecule has 7 heteroatoms. The van der Waals surface area contributed by atoms with E-state index in [4.69, 9.17) is 16.7 Å². The van der Waals surface area contributed by atoms with Crippen LogP contribution in [0.1, 0.15) is 20.8 Å². The molecule has 0 unspecified atom stereocenters. The number of halogens is 2. The standard InChI is InChI=1S/C13H8BrClN2O3/c14-7-1-3-9(10(15)5-7)12(18)17-8-2-4-11(13(19)20)16-6-8/h1-6H,(H,17,18)(H,19,20). The topological polar surface area (TPSA) is 79.3 Å². The molecule has 1 aromatic heterocycles. The zero-order chi connectivity index (χ0) is 14.7. The number of carboxylic acid groups (broad SMARTS) is 1. The second kappa shape index (κ2) is 6.02. The van der Waals surface area contributed by atoms with Crippen LogP contribution in [0.5, 0.6) is 0 Å². The Bertz CT molecular complexity index is 674. The van der Waals surface area contributed by atoms with E-state index in [2.05, 4.69) is 26.2 Å². The van der Waals surface area contributed by atoms with Gasteiger partial charge in [0.05, 0.1) is 22.5 Å². The van der Waals surface area contributed by atoms with Crippen molar-refractivity contribution in [1.82, 2.24) is 4.98 Å². The maximum atomic E-state index is 12.0. The second-order valence-electron chi connectivity index (χ2n) is 3.82. The number of carboxylic acids is 1. The summed E-state index contributed by atoms with van der Waals surface area (Å²) in [5.74, 6) is -1.52. The minimum Gasteiger partial charge on any atom is -0.477 e. The van der Waals surface area contributed by atoms with E-state index >= 15 is 0 Å². The molecule has 0 saturated heterocycles. The molecule has 102 valence electrons. The molecular weight excluding hydrogens is 348 g/mol. The molecule has 0 saturated carbocycles. The summed E-state index contributed by atoms with van der Waals surface area (Å²) in [5, 5.41) is 11.6. The lowest BCUT2D eigenvalue weighted by atomic mass is 10.2. The first-order valence-electron chi connectivity index (χ1n) is 5.43. The maximum absolute atomic E-state index is 12.0. The lowest BCUT2D eigenvalue weighted by Crippen LogP contribution is -2.13. The van der Waals surface area contributed by atoms with Crippen LogP contribution in [0, 0.1) is 0 Å². The van der Waals surface area contributed by atoms with Gasteiger partial charge in [0.1, 0.15) is 5.69 Å². The highest BCUT2D eigenvalue weighted by molar-refractivity contribution is 9.10. The Morgan fingerprint density at radius 1 is 1.25 bits per heavy atom. The van der Waals surface area contributed by atoms with Crippen LogP contribution in [0.4, 0.5) is 5.69 Å². The summed E-state index contributed by atoms with van der Waals surface area (Å²) >= 11 is 9.23. The summed E-state index contributed by atoms with van der Waals surface area (Å²) in [5.41, 5.74) is 0.612. The lowest BCUT2D eigenvalue weighted by Gasteiger charge is -2.07. The number of rotatable bonds is 3. The van der Waals surface area contributed by atoms with Crippen LogP contribution in [0.15, 0.2) is 41.0 Å². The van der Waals surface area contributed by atoms with Gasteiger partial charge in [0, 0.05) is 4.47 Å². The van der Waals surface area contributed by atoms with Crippen molar-refractivity contribution in [3.8, 4) is 0 Å². The average molecular weight is 356 g/mol. The Balaban J connectivity index is 2.17. The van der Waals surface area contributed by atoms with E-state index in [9.17, 15) is 9.59 Å². The summed E-state index contributed by atoms with van der Waals surface area (Å²) in [6.45, 7) is 0. The van der Waals surface area contributed by atoms with Crippen LogP contribution in [0.25, 0.3) is 0 Å². The zero-order valence-corrected chi connectivity index (χ0v) is 12.3. The molecule has 20 heavy (non-hydrogen) atoms. The van der Waals surface area contributed by atoms with Gasteiger partial charge < -0.3 is 10.4 Å². The molecule has 0 bridgehead atoms. The Morgan fingerprint density at radius 3 is 2.55 bits per heavy atom. The van der Waals surface area contributed by atoms with E-state index in [1.807, 2.05) is 0 Å². The number of nitrogens with one attached hydrogen (secondary N) is 1. The number of benzene rings is 1. The zero-order valence-electron chi connectivity index (χ0n) is 9.93. The van der Waals surface area contributed by atoms with Crippen LogP contribution in [-0.4, -0.2) is 22.0 Å². The summed E-state index contributed by atoms with van der Waals surface area (Å²) in [6, 6.07) is 7.66. The van der Waals surface area contributed by atoms with Gasteiger partial charge in [0.2, 0.25) is 0 Å². The first-order valence-corrected chi connectivity index (χ1v) is 6.60. The average Bonchev–Trinajstić information content (AvgIpc) is 2.39. The summed E-state index contributed by atoms with van der Waals surface area (Å²) in [6.07, 6.45) is 1.27. The maximum Gasteiger partial charge on any atom is 0.354 e. The first-order chi connectivity index (χ1) is 9.47. The minimum atomic E-state index is -1.13. The van der Waals surface area contributed by atoms with Gasteiger partial charge in [-0.25, -0.2) is 9.78 Å². The van der Waals surface area contributed by atoms with E-state index in [0.29, 0.717) is 16.3 Å². The Hall–Kier alpha value is -1.92. The Kier molecular flexibility index (Phi) is 4.36. The number of anilines is 1. The van der Waals surface area contributed by atoms with Crippen molar-refractivity contribution in [2.75, 3.05) is 5.32 Å². The second-order valence-corrected chi connectivity index (χ2v) is 5.14. The molecule has 0 aliphatic rings. The normalized spacial score (nSPS) is 10.1. The number of nitrogens with zero attached hydrogens (tertiary/aromatic N) is 1. The summed E-state index contributed by atoms with van der Waals surface area (Å²) < 4.78 is 0.770. The third kappa shape index (κ3) is 3.34. The Labute approximate surface area is 127 Å². The molecule has 1 heterocycles. The number of hydrogen-bond acceptors (Lipinski definition) is 3. The van der Waals surface area contributed by atoms with E-state index < -0.39 is 11.9 Å². The fourth-order valence-electron chi connectivity index (χ4n) is 1.47. The van der Waals surface area contributed by atoms with E-state index in [-0.39, 0.29) is 5.69 Å². The fourth-order valence-corrected chi connectivity index (χ4v) is 2.23. The largest absolute Gasteiger partial charge is 0.477 e. The monoisotopic (exact) mass is 354 g/mol. The SMILES string of the molecule is O=C(O)c1ccc(NC(=O)c2ccc(Br)cc2Cl)cn1. The number of pyridine rings is 1. The van der Waals surface area contributed by atoms with Crippen molar-refractivity contribution in [3.63, 3.8) is 0 Å². The highest BCUT2D eigenvalue weighted by atomic mass is 79.9. The molecular formula is C13H8BrClN2O3. The molecule has 1 amide bonds. The van der Waals surface area contributed by atoms with Gasteiger partial charge >= 0.3 is 5.97 Å². The van der Waals surface area contributed by atoms with E-state index in [1.165, 1.54) is 18.3 Å². The smallest absolute Gasteiger partial charge is 0.354 e. The van der Waals surface area contributed by atoms with Crippen LogP contribution < -0.4 is 5.32 Å². The van der Waals surface area contributed by atoms with Gasteiger partial charge in [0.25, 0.3) is 5.91 Å². The predicted molar refractivity (Wildman–Crippen MR) is 78.3 cm³/mol. The molecule has 0 atom stereocenters. The fraction of sp³-hybridized carbons (Fsp3) is 0. The molecule has 0 aliphatic heterocycles. The number of carbonyl (C=O) groups excluding carboxylic acids is 1. The van der Waals surface area contributed by atoms with Gasteiger partial charge in [-0.05, 0) is 30.3 Å². The first kappa shape index (κ1) is 14.5. The third-order valence-corrected chi connectivity index (χ3v) is 3.22. The van der Waals surface area contributed by atoms with Crippen LogP contribution >= 0.6 is 27.5 Å². The number of amides is 1. The Morgan fingerprint density at radius 2 is 2.00 bits per heavy atom. The summed E-state index contributed by atoms with van der Waals surface area (Å²) in [7, 11) is 0. The number of aromatic nitrogens is 1. The number of hydrogen-bond donors (Lipinski definition) is 2. The van der Waals surface area contributed by atoms with Gasteiger partial charge in [-0.1, -0.05) is 27.5 Å². The van der Waals surface area contributed by atoms with E-state index in [1.54, 1.807) is 18.2 Å². The molecule has 0 radical (unpaired) electrons. The molecule has 5 nitrogen and oxygen atoms in total. The van der Waals surface area contributed by atoms with Gasteiger partial charge in [-0.15, -0.1) is 0 Å². The van der Waals surface area contributed by atoms with Crippen LogP contribution in [-0.2, 0) is 0 Å². The predicted octanol–water partition coefficient (Wildman–Crippen LogP) is 3.45. The molecule has 0 spiro atoms. The highest BCUT2D eigenvalue weighted by Crippen LogP contribution is 2.22. The quantitative estimate of drug-likeness (QED) is 0.884. The van der Waals surface area contributed by atoms with Crippen molar-refractivity contribution in [1.29, 1.82) is 0 Å². The minimum absolute atomic E-state index is 0.0929. The van der Waals surface area contributed by atoms with Crippen LogP contribution in [0.3, 0.4) is 0 Å². The molecule has 1 aromatic carbocycles. The third-order valence-electron chi connectivity index (χ3n) is 2.42. The van der Waals surface area contributed by atoms with Gasteiger partial charge in [0.15, 0.2) is 0 Å². The molecule has 2 rings (SSSR count). The van der Waals surface area contributed by atoms with E-state index in [0.717, 1.165) is 4.47 Å². The van der Waals surface area contributed by atoms with Crippen LogP contribution in [0.2, 0.25) is 5.02 Å². The van der Waals surface area contributed by atoms with Crippen molar-refractivity contribution in [2.45, 2.75) is 0 Å². The molecule has 2 aromatic rings. The molecule has 0 aliphatic carbocycles. The summed E-state index contributed by atoms with van der Waals surface area (Å²) in [4.78, 5) is 26.4. The van der Waals surface area contributed by atoms with Crippen molar-refractivity contribution < 1.29 is 14.7 Å². The van der Waals surface area contributed by atoms with Gasteiger partial charge in [-0.3, -0.25) is 4.79 Å².